The second-order valence-corrected chi connectivity index (χ2v) is 5.96. The number of rotatable bonds is 4. The maximum absolute atomic E-state index is 12.2. The van der Waals surface area contributed by atoms with Crippen LogP contribution >= 0.6 is 0 Å². The highest BCUT2D eigenvalue weighted by Gasteiger charge is 2.50. The number of hydrogen-bond acceptors (Lipinski definition) is 4. The number of hydrogen-bond donors (Lipinski definition) is 0. The normalized spacial score (nSPS) is 30.4. The second kappa shape index (κ2) is 5.75. The van der Waals surface area contributed by atoms with Crippen molar-refractivity contribution in [2.75, 3.05) is 7.11 Å². The first-order valence-corrected chi connectivity index (χ1v) is 7.14. The van der Waals surface area contributed by atoms with Crippen molar-refractivity contribution >= 4 is 10.1 Å². The third-order valence-electron chi connectivity index (χ3n) is 3.25. The van der Waals surface area contributed by atoms with Gasteiger partial charge in [0.05, 0.1) is 6.10 Å². The molecule has 1 fully saturated rings. The number of alkyl halides is 3. The van der Waals surface area contributed by atoms with Crippen molar-refractivity contribution in [3.05, 3.63) is 0 Å². The highest BCUT2D eigenvalue weighted by molar-refractivity contribution is 7.87. The lowest BCUT2D eigenvalue weighted by atomic mass is 9.84. The van der Waals surface area contributed by atoms with Gasteiger partial charge in [0.25, 0.3) is 0 Å². The summed E-state index contributed by atoms with van der Waals surface area (Å²) in [6.07, 6.45) is 0.648. The van der Waals surface area contributed by atoms with Gasteiger partial charge in [-0.1, -0.05) is 13.3 Å². The molecular weight excluding hydrogens is 273 g/mol. The molecule has 0 spiro atoms. The summed E-state index contributed by atoms with van der Waals surface area (Å²) in [6, 6.07) is 0. The third kappa shape index (κ3) is 3.58. The molecule has 0 unspecified atom stereocenters. The third-order valence-corrected chi connectivity index (χ3v) is 4.32. The Balaban J connectivity index is 2.73. The van der Waals surface area contributed by atoms with Crippen molar-refractivity contribution < 1.29 is 30.5 Å². The van der Waals surface area contributed by atoms with Crippen LogP contribution in [0.2, 0.25) is 0 Å². The molecule has 0 N–H and O–H groups in total. The van der Waals surface area contributed by atoms with E-state index < -0.39 is 27.8 Å². The minimum Gasteiger partial charge on any atom is -0.379 e. The molecule has 1 aliphatic rings. The molecule has 0 saturated heterocycles. The van der Waals surface area contributed by atoms with E-state index in [0.717, 1.165) is 6.42 Å². The molecule has 1 rings (SSSR count). The molecule has 1 saturated carbocycles. The molecule has 0 amide bonds. The molecule has 0 radical (unpaired) electrons. The van der Waals surface area contributed by atoms with Gasteiger partial charge in [0.15, 0.2) is 0 Å². The lowest BCUT2D eigenvalue weighted by Crippen LogP contribution is -2.41. The monoisotopic (exact) mass is 290 g/mol. The van der Waals surface area contributed by atoms with Crippen molar-refractivity contribution in [1.82, 2.24) is 0 Å². The topological polar surface area (TPSA) is 52.6 Å². The smallest absolute Gasteiger partial charge is 0.379 e. The zero-order chi connectivity index (χ0) is 14.0. The average molecular weight is 290 g/mol. The Morgan fingerprint density at radius 3 is 2.28 bits per heavy atom. The van der Waals surface area contributed by atoms with Gasteiger partial charge in [0.2, 0.25) is 0 Å². The van der Waals surface area contributed by atoms with Crippen LogP contribution in [0.4, 0.5) is 13.2 Å². The maximum Gasteiger partial charge on any atom is 0.523 e. The lowest BCUT2D eigenvalue weighted by molar-refractivity contribution is -0.0760. The summed E-state index contributed by atoms with van der Waals surface area (Å²) >= 11 is 0. The zero-order valence-electron chi connectivity index (χ0n) is 10.2. The van der Waals surface area contributed by atoms with Gasteiger partial charge in [-0.3, -0.25) is 4.18 Å². The second-order valence-electron chi connectivity index (χ2n) is 4.40. The van der Waals surface area contributed by atoms with Crippen LogP contribution in [0.5, 0.6) is 0 Å². The van der Waals surface area contributed by atoms with Gasteiger partial charge >= 0.3 is 15.6 Å². The largest absolute Gasteiger partial charge is 0.523 e. The Morgan fingerprint density at radius 2 is 1.83 bits per heavy atom. The maximum atomic E-state index is 12.2. The summed E-state index contributed by atoms with van der Waals surface area (Å²) in [5.74, 6) is 0.336. The quantitative estimate of drug-likeness (QED) is 0.589. The summed E-state index contributed by atoms with van der Waals surface area (Å²) in [6.45, 7) is 1.98. The van der Waals surface area contributed by atoms with Crippen LogP contribution in [0.25, 0.3) is 0 Å². The van der Waals surface area contributed by atoms with Crippen LogP contribution in [-0.4, -0.2) is 33.2 Å². The van der Waals surface area contributed by atoms with Crippen LogP contribution in [0.1, 0.15) is 32.6 Å². The van der Waals surface area contributed by atoms with E-state index in [0.29, 0.717) is 18.8 Å². The van der Waals surface area contributed by atoms with E-state index in [1.165, 1.54) is 7.11 Å². The van der Waals surface area contributed by atoms with Crippen LogP contribution in [-0.2, 0) is 19.0 Å². The first-order valence-electron chi connectivity index (χ1n) is 5.73. The van der Waals surface area contributed by atoms with E-state index in [2.05, 4.69) is 4.18 Å². The first kappa shape index (κ1) is 15.7. The Kier molecular flexibility index (Phi) is 5.02. The van der Waals surface area contributed by atoms with E-state index >= 15 is 0 Å². The Labute approximate surface area is 105 Å². The van der Waals surface area contributed by atoms with Gasteiger partial charge in [-0.2, -0.15) is 21.6 Å². The van der Waals surface area contributed by atoms with E-state index in [1.54, 1.807) is 0 Å². The molecular formula is C10H17F3O4S. The van der Waals surface area contributed by atoms with Crippen molar-refractivity contribution in [1.29, 1.82) is 0 Å². The zero-order valence-corrected chi connectivity index (χ0v) is 11.1. The van der Waals surface area contributed by atoms with Crippen molar-refractivity contribution in [2.45, 2.75) is 50.3 Å². The Bertz CT molecular complexity index is 366. The molecule has 18 heavy (non-hydrogen) atoms. The Hall–Kier alpha value is -0.340. The minimum absolute atomic E-state index is 0.256. The SMILES string of the molecule is CC[C@@H]1CC[C@@H](OS(=O)(=O)C(F)(F)F)[C@H](OC)C1. The molecule has 0 heterocycles. The van der Waals surface area contributed by atoms with Gasteiger partial charge in [0.1, 0.15) is 6.10 Å². The van der Waals surface area contributed by atoms with Gasteiger partial charge in [-0.15, -0.1) is 0 Å². The van der Waals surface area contributed by atoms with E-state index in [9.17, 15) is 21.6 Å². The van der Waals surface area contributed by atoms with Crippen LogP contribution in [0.3, 0.4) is 0 Å². The first-order chi connectivity index (χ1) is 8.21. The Morgan fingerprint density at radius 1 is 1.22 bits per heavy atom. The molecule has 4 nitrogen and oxygen atoms in total. The fourth-order valence-electron chi connectivity index (χ4n) is 2.13. The van der Waals surface area contributed by atoms with Crippen molar-refractivity contribution in [3.8, 4) is 0 Å². The van der Waals surface area contributed by atoms with Crippen LogP contribution in [0.15, 0.2) is 0 Å². The summed E-state index contributed by atoms with van der Waals surface area (Å²) in [7, 11) is -4.20. The molecule has 8 heteroatoms. The molecule has 0 aromatic rings. The summed E-state index contributed by atoms with van der Waals surface area (Å²) in [4.78, 5) is 0. The number of ether oxygens (including phenoxy) is 1. The molecule has 0 aromatic carbocycles. The summed E-state index contributed by atoms with van der Waals surface area (Å²) in [5, 5.41) is 0. The average Bonchev–Trinajstić information content (AvgIpc) is 2.27. The van der Waals surface area contributed by atoms with Crippen LogP contribution in [0, 0.1) is 5.92 Å². The highest BCUT2D eigenvalue weighted by atomic mass is 32.2. The van der Waals surface area contributed by atoms with Gasteiger partial charge < -0.3 is 4.74 Å². The van der Waals surface area contributed by atoms with Gasteiger partial charge in [0, 0.05) is 7.11 Å². The van der Waals surface area contributed by atoms with Crippen molar-refractivity contribution in [2.24, 2.45) is 5.92 Å². The number of halogens is 3. The van der Waals surface area contributed by atoms with Gasteiger partial charge in [-0.25, -0.2) is 0 Å². The predicted octanol–water partition coefficient (Wildman–Crippen LogP) is 2.45. The van der Waals surface area contributed by atoms with Crippen molar-refractivity contribution in [3.63, 3.8) is 0 Å². The predicted molar refractivity (Wildman–Crippen MR) is 58.3 cm³/mol. The van der Waals surface area contributed by atoms with Crippen LogP contribution < -0.4 is 0 Å². The molecule has 0 aliphatic heterocycles. The number of methoxy groups -OCH3 is 1. The van der Waals surface area contributed by atoms with E-state index in [-0.39, 0.29) is 6.42 Å². The lowest BCUT2D eigenvalue weighted by Gasteiger charge is -2.34. The summed E-state index contributed by atoms with van der Waals surface area (Å²) < 4.78 is 67.8. The van der Waals surface area contributed by atoms with Gasteiger partial charge in [-0.05, 0) is 25.2 Å². The minimum atomic E-state index is -5.54. The molecule has 3 atom stereocenters. The molecule has 1 aliphatic carbocycles. The molecule has 108 valence electrons. The van der Waals surface area contributed by atoms with E-state index in [4.69, 9.17) is 4.74 Å². The molecule has 0 aromatic heterocycles. The standard InChI is InChI=1S/C10H17F3O4S/c1-3-7-4-5-8(9(6-7)16-2)17-18(14,15)10(11,12)13/h7-9H,3-6H2,1-2H3/t7-,8-,9-/m1/s1. The fraction of sp³-hybridized carbons (Fsp3) is 1.00. The molecule has 0 bridgehead atoms. The van der Waals surface area contributed by atoms with E-state index in [1.807, 2.05) is 6.92 Å². The summed E-state index contributed by atoms with van der Waals surface area (Å²) in [5.41, 5.74) is -5.38. The fourth-order valence-corrected chi connectivity index (χ4v) is 2.78. The highest BCUT2D eigenvalue weighted by Crippen LogP contribution is 2.34.